The number of hydrogen-bond acceptors (Lipinski definition) is 7. The molecule has 0 bridgehead atoms. The average Bonchev–Trinajstić information content (AvgIpc) is 2.95. The highest BCUT2D eigenvalue weighted by molar-refractivity contribution is 7.87. The Bertz CT molecular complexity index is 1030. The Morgan fingerprint density at radius 1 is 1.07 bits per heavy atom. The van der Waals surface area contributed by atoms with E-state index >= 15 is 0 Å². The number of benzene rings is 1. The van der Waals surface area contributed by atoms with E-state index in [4.69, 9.17) is 4.74 Å². The van der Waals surface area contributed by atoms with Crippen molar-refractivity contribution in [2.45, 2.75) is 83.1 Å². The maximum absolute atomic E-state index is 13.2. The first kappa shape index (κ1) is 34.8. The van der Waals surface area contributed by atoms with E-state index in [1.807, 2.05) is 32.0 Å². The number of hydrogen-bond donors (Lipinski definition) is 5. The van der Waals surface area contributed by atoms with Crippen LogP contribution in [0.25, 0.3) is 0 Å². The number of morpholine rings is 1. The first-order valence-corrected chi connectivity index (χ1v) is 15.9. The summed E-state index contributed by atoms with van der Waals surface area (Å²) in [5.74, 6) is -1.07. The minimum absolute atomic E-state index is 0.0994. The predicted octanol–water partition coefficient (Wildman–Crippen LogP) is 1.27. The Morgan fingerprint density at radius 2 is 1.76 bits per heavy atom. The van der Waals surface area contributed by atoms with Gasteiger partial charge in [-0.25, -0.2) is 0 Å². The van der Waals surface area contributed by atoms with E-state index in [0.717, 1.165) is 25.7 Å². The Balaban J connectivity index is 1.96. The minimum atomic E-state index is -3.87. The van der Waals surface area contributed by atoms with Crippen molar-refractivity contribution in [2.24, 2.45) is 5.92 Å². The summed E-state index contributed by atoms with van der Waals surface area (Å²) in [4.78, 5) is 25.8. The molecule has 232 valence electrons. The smallest absolute Gasteiger partial charge is 0.280 e. The lowest BCUT2D eigenvalue weighted by Gasteiger charge is -2.30. The maximum atomic E-state index is 13.2. The second-order valence-corrected chi connectivity index (χ2v) is 12.6. The van der Waals surface area contributed by atoms with Crippen LogP contribution in [-0.2, 0) is 31.0 Å². The van der Waals surface area contributed by atoms with Gasteiger partial charge in [-0.1, -0.05) is 63.1 Å². The molecule has 1 aliphatic heterocycles. The molecule has 1 heterocycles. The van der Waals surface area contributed by atoms with Crippen LogP contribution in [0.4, 0.5) is 0 Å². The molecule has 2 rings (SSSR count). The van der Waals surface area contributed by atoms with E-state index in [2.05, 4.69) is 34.1 Å². The zero-order chi connectivity index (χ0) is 30.3. The van der Waals surface area contributed by atoms with E-state index < -0.39 is 52.9 Å². The van der Waals surface area contributed by atoms with Gasteiger partial charge in [0.1, 0.15) is 6.04 Å². The fraction of sp³-hybridized carbons (Fsp3) is 0.655. The lowest BCUT2D eigenvalue weighted by molar-refractivity contribution is -0.130. The van der Waals surface area contributed by atoms with Gasteiger partial charge in [0.15, 0.2) is 0 Å². The van der Waals surface area contributed by atoms with Crippen molar-refractivity contribution in [1.82, 2.24) is 19.7 Å². The minimum Gasteiger partial charge on any atom is -0.390 e. The summed E-state index contributed by atoms with van der Waals surface area (Å²) in [6, 6.07) is 8.40. The molecule has 0 aromatic heterocycles. The van der Waals surface area contributed by atoms with Gasteiger partial charge in [0.25, 0.3) is 10.2 Å². The third-order valence-electron chi connectivity index (χ3n) is 6.95. The molecule has 1 fully saturated rings. The van der Waals surface area contributed by atoms with Crippen LogP contribution >= 0.6 is 0 Å². The van der Waals surface area contributed by atoms with Gasteiger partial charge in [-0.3, -0.25) is 9.59 Å². The number of nitrogens with zero attached hydrogens (tertiary/aromatic N) is 1. The maximum Gasteiger partial charge on any atom is 0.280 e. The molecule has 0 spiro atoms. The van der Waals surface area contributed by atoms with Crippen molar-refractivity contribution in [2.75, 3.05) is 32.8 Å². The van der Waals surface area contributed by atoms with Crippen molar-refractivity contribution in [3.05, 3.63) is 48.6 Å². The van der Waals surface area contributed by atoms with E-state index in [1.54, 1.807) is 0 Å². The number of aliphatic hydroxyl groups excluding tert-OH is 2. The van der Waals surface area contributed by atoms with Crippen LogP contribution in [0, 0.1) is 5.92 Å². The number of amides is 2. The van der Waals surface area contributed by atoms with Gasteiger partial charge in [0.2, 0.25) is 11.8 Å². The molecule has 1 aliphatic rings. The molecule has 11 nitrogen and oxygen atoms in total. The quantitative estimate of drug-likeness (QED) is 0.119. The molecule has 1 saturated heterocycles. The van der Waals surface area contributed by atoms with Crippen LogP contribution < -0.4 is 15.4 Å². The zero-order valence-corrected chi connectivity index (χ0v) is 25.2. The highest BCUT2D eigenvalue weighted by Crippen LogP contribution is 2.16. The largest absolute Gasteiger partial charge is 0.390 e. The Kier molecular flexibility index (Phi) is 15.5. The number of carbonyl (C=O) groups is 2. The van der Waals surface area contributed by atoms with E-state index in [1.165, 1.54) is 15.9 Å². The highest BCUT2D eigenvalue weighted by atomic mass is 32.2. The molecule has 12 heteroatoms. The number of carbonyl (C=O) groups excluding carboxylic acids is 2. The van der Waals surface area contributed by atoms with Crippen molar-refractivity contribution in [1.29, 1.82) is 0 Å². The van der Waals surface area contributed by atoms with Crippen molar-refractivity contribution < 1.29 is 33.0 Å². The van der Waals surface area contributed by atoms with Crippen molar-refractivity contribution >= 4 is 22.0 Å². The second kappa shape index (κ2) is 18.2. The van der Waals surface area contributed by atoms with Gasteiger partial charge in [-0.05, 0) is 43.6 Å². The van der Waals surface area contributed by atoms with E-state index in [0.29, 0.717) is 12.8 Å². The zero-order valence-electron chi connectivity index (χ0n) is 24.3. The van der Waals surface area contributed by atoms with Crippen molar-refractivity contribution in [3.8, 4) is 0 Å². The molecule has 0 saturated carbocycles. The monoisotopic (exact) mass is 596 g/mol. The van der Waals surface area contributed by atoms with Crippen molar-refractivity contribution in [3.63, 3.8) is 0 Å². The SMILES string of the molecule is C=CCC(NC(=O)CNS(=O)(=O)N1CCOCC1)C(=O)N[C@@H](CCCCCc1ccccc1)[C@@H](O)[C@@H](O)CC(C)C. The number of unbranched alkanes of at least 4 members (excludes halogenated alkanes) is 2. The molecule has 1 aromatic carbocycles. The topological polar surface area (TPSA) is 157 Å². The summed E-state index contributed by atoms with van der Waals surface area (Å²) in [5.41, 5.74) is 1.25. The second-order valence-electron chi connectivity index (χ2n) is 10.9. The summed E-state index contributed by atoms with van der Waals surface area (Å²) in [7, 11) is -3.87. The molecule has 1 aromatic rings. The summed E-state index contributed by atoms with van der Waals surface area (Å²) >= 11 is 0. The van der Waals surface area contributed by atoms with Crippen LogP contribution in [0.3, 0.4) is 0 Å². The van der Waals surface area contributed by atoms with Crippen LogP contribution in [-0.4, -0.2) is 91.9 Å². The lowest BCUT2D eigenvalue weighted by Crippen LogP contribution is -2.56. The lowest BCUT2D eigenvalue weighted by atomic mass is 9.93. The summed E-state index contributed by atoms with van der Waals surface area (Å²) in [5, 5.41) is 26.9. The van der Waals surface area contributed by atoms with Crippen LogP contribution in [0.15, 0.2) is 43.0 Å². The van der Waals surface area contributed by atoms with E-state index in [9.17, 15) is 28.2 Å². The summed E-state index contributed by atoms with van der Waals surface area (Å²) in [6.45, 7) is 7.94. The van der Waals surface area contributed by atoms with Gasteiger partial charge in [0.05, 0.1) is 38.0 Å². The number of ether oxygens (including phenoxy) is 1. The first-order chi connectivity index (χ1) is 19.5. The molecule has 2 amide bonds. The van der Waals surface area contributed by atoms with Gasteiger partial charge < -0.3 is 25.6 Å². The average molecular weight is 597 g/mol. The molecule has 0 radical (unpaired) electrons. The van der Waals surface area contributed by atoms with Crippen LogP contribution in [0.2, 0.25) is 0 Å². The molecule has 4 atom stereocenters. The third kappa shape index (κ3) is 13.0. The molecule has 1 unspecified atom stereocenters. The predicted molar refractivity (Wildman–Crippen MR) is 158 cm³/mol. The molecule has 0 aliphatic carbocycles. The summed E-state index contributed by atoms with van der Waals surface area (Å²) in [6.07, 6.45) is 3.68. The number of aryl methyl sites for hydroxylation is 1. The fourth-order valence-electron chi connectivity index (χ4n) is 4.70. The third-order valence-corrected chi connectivity index (χ3v) is 8.50. The number of aliphatic hydroxyl groups is 2. The Morgan fingerprint density at radius 3 is 2.39 bits per heavy atom. The van der Waals surface area contributed by atoms with Gasteiger partial charge >= 0.3 is 0 Å². The molecular formula is C29H48N4O7S. The van der Waals surface area contributed by atoms with Gasteiger partial charge in [-0.15, -0.1) is 6.58 Å². The fourth-order valence-corrected chi connectivity index (χ4v) is 5.82. The Hall–Kier alpha value is -2.35. The van der Waals surface area contributed by atoms with Crippen LogP contribution in [0.5, 0.6) is 0 Å². The standard InChI is InChI=1S/C29H48N4O7S/c1-4-11-25(31-27(35)21-30-41(38,39)33-16-18-40-19-17-33)29(37)32-24(28(36)26(34)20-22(2)3)15-10-6-9-14-23-12-7-5-8-13-23/h4-5,7-8,12-13,22,24-26,28,30,34,36H,1,6,9-11,14-21H2,2-3H3,(H,31,35)(H,32,37)/t24-,25?,26-,28+/m0/s1. The van der Waals surface area contributed by atoms with Crippen LogP contribution in [0.1, 0.15) is 57.9 Å². The molecule has 5 N–H and O–H groups in total. The van der Waals surface area contributed by atoms with E-state index in [-0.39, 0.29) is 38.6 Å². The molecule has 41 heavy (non-hydrogen) atoms. The molecular weight excluding hydrogens is 548 g/mol. The summed E-state index contributed by atoms with van der Waals surface area (Å²) < 4.78 is 33.5. The van der Waals surface area contributed by atoms with Gasteiger partial charge in [-0.2, -0.15) is 17.4 Å². The normalized spacial score (nSPS) is 17.4. The number of rotatable bonds is 19. The first-order valence-electron chi connectivity index (χ1n) is 14.5. The number of nitrogens with one attached hydrogen (secondary N) is 3. The highest BCUT2D eigenvalue weighted by Gasteiger charge is 2.31. The Labute approximate surface area is 244 Å². The van der Waals surface area contributed by atoms with Gasteiger partial charge in [0, 0.05) is 13.1 Å².